The van der Waals surface area contributed by atoms with Crippen molar-refractivity contribution in [1.82, 2.24) is 25.0 Å². The summed E-state index contributed by atoms with van der Waals surface area (Å²) in [5.74, 6) is 1.91. The number of aryl methyl sites for hydroxylation is 2. The first-order valence-corrected chi connectivity index (χ1v) is 14.1. The Morgan fingerprint density at radius 2 is 1.71 bits per heavy atom. The van der Waals surface area contributed by atoms with E-state index in [0.29, 0.717) is 17.6 Å². The first kappa shape index (κ1) is 26.7. The summed E-state index contributed by atoms with van der Waals surface area (Å²) < 4.78 is 5.41. The Morgan fingerprint density at radius 3 is 2.49 bits per heavy atom. The summed E-state index contributed by atoms with van der Waals surface area (Å²) >= 11 is 0. The number of pyridine rings is 1. The van der Waals surface area contributed by atoms with Gasteiger partial charge < -0.3 is 20.1 Å². The summed E-state index contributed by atoms with van der Waals surface area (Å²) in [6, 6.07) is 19.3. The molecular weight excluding hydrogens is 510 g/mol. The molecule has 0 aliphatic carbocycles. The number of anilines is 3. The average molecular weight is 546 g/mol. The van der Waals surface area contributed by atoms with Crippen LogP contribution in [0.1, 0.15) is 41.0 Å². The zero-order valence-corrected chi connectivity index (χ0v) is 23.8. The minimum Gasteiger partial charge on any atom is -0.381 e. The van der Waals surface area contributed by atoms with Gasteiger partial charge in [0, 0.05) is 53.2 Å². The third-order valence-corrected chi connectivity index (χ3v) is 7.85. The largest absolute Gasteiger partial charge is 0.381 e. The van der Waals surface area contributed by atoms with E-state index in [1.54, 1.807) is 24.8 Å². The highest BCUT2D eigenvalue weighted by Crippen LogP contribution is 2.29. The van der Waals surface area contributed by atoms with Gasteiger partial charge in [0.05, 0.1) is 11.9 Å². The summed E-state index contributed by atoms with van der Waals surface area (Å²) in [6.45, 7) is 7.13. The van der Waals surface area contributed by atoms with E-state index in [-0.39, 0.29) is 0 Å². The highest BCUT2D eigenvalue weighted by atomic mass is 16.5. The van der Waals surface area contributed by atoms with Gasteiger partial charge in [-0.1, -0.05) is 29.4 Å². The number of likely N-dealkylation sites (tertiary alicyclic amines) is 1. The molecule has 6 rings (SSSR count). The molecule has 2 N–H and O–H groups in total. The predicted octanol–water partition coefficient (Wildman–Crippen LogP) is 6.98. The number of nitrogens with zero attached hydrogens (tertiary/aromatic N) is 5. The van der Waals surface area contributed by atoms with Gasteiger partial charge in [0.15, 0.2) is 5.76 Å². The number of piperidine rings is 1. The summed E-state index contributed by atoms with van der Waals surface area (Å²) in [4.78, 5) is 16.1. The molecule has 0 unspecified atom stereocenters. The molecule has 1 saturated heterocycles. The van der Waals surface area contributed by atoms with E-state index in [2.05, 4.69) is 87.1 Å². The van der Waals surface area contributed by atoms with Crippen molar-refractivity contribution in [3.05, 3.63) is 102 Å². The van der Waals surface area contributed by atoms with Crippen LogP contribution in [0.4, 0.5) is 17.3 Å². The van der Waals surface area contributed by atoms with Crippen LogP contribution >= 0.6 is 0 Å². The molecule has 4 heterocycles. The molecule has 208 valence electrons. The Hall–Kier alpha value is -4.56. The number of rotatable bonds is 8. The van der Waals surface area contributed by atoms with Crippen molar-refractivity contribution in [3.63, 3.8) is 0 Å². The second kappa shape index (κ2) is 11.9. The fourth-order valence-electron chi connectivity index (χ4n) is 5.31. The van der Waals surface area contributed by atoms with Crippen molar-refractivity contribution in [2.45, 2.75) is 39.2 Å². The zero-order chi connectivity index (χ0) is 28.2. The fourth-order valence-corrected chi connectivity index (χ4v) is 5.31. The third kappa shape index (κ3) is 6.28. The molecule has 1 fully saturated rings. The summed E-state index contributed by atoms with van der Waals surface area (Å²) in [5, 5.41) is 10.9. The van der Waals surface area contributed by atoms with Crippen LogP contribution in [0.15, 0.2) is 83.9 Å². The molecule has 2 aromatic carbocycles. The van der Waals surface area contributed by atoms with Gasteiger partial charge in [-0.2, -0.15) is 0 Å². The van der Waals surface area contributed by atoms with Crippen molar-refractivity contribution in [2.75, 3.05) is 30.8 Å². The van der Waals surface area contributed by atoms with Crippen molar-refractivity contribution in [1.29, 1.82) is 0 Å². The van der Waals surface area contributed by atoms with Crippen molar-refractivity contribution < 1.29 is 4.52 Å². The standard InChI is InChI=1S/C33H35N7O/c1-22-4-5-24(19-36-29-8-6-25(7-9-29)26-11-14-40(3)15-12-26)16-31(22)39-33-35-13-10-30(38-33)27-17-28(21-34-20-27)32-23(2)18-37-41-32/h4-10,13,16-18,20-21,26,36H,11-12,14-15,19H2,1-3H3,(H,35,38,39). The van der Waals surface area contributed by atoms with Crippen molar-refractivity contribution in [3.8, 4) is 22.6 Å². The molecular formula is C33H35N7O. The van der Waals surface area contributed by atoms with Gasteiger partial charge in [-0.3, -0.25) is 4.98 Å². The first-order chi connectivity index (χ1) is 20.0. The smallest absolute Gasteiger partial charge is 0.227 e. The number of hydrogen-bond donors (Lipinski definition) is 2. The predicted molar refractivity (Wildman–Crippen MR) is 163 cm³/mol. The Labute approximate surface area is 240 Å². The van der Waals surface area contributed by atoms with Crippen molar-refractivity contribution in [2.24, 2.45) is 0 Å². The van der Waals surface area contributed by atoms with Gasteiger partial charge in [0.1, 0.15) is 0 Å². The van der Waals surface area contributed by atoms with Crippen LogP contribution in [-0.2, 0) is 6.54 Å². The summed E-state index contributed by atoms with van der Waals surface area (Å²) in [7, 11) is 2.21. The molecule has 0 spiro atoms. The van der Waals surface area contributed by atoms with E-state index >= 15 is 0 Å². The van der Waals surface area contributed by atoms with E-state index in [9.17, 15) is 0 Å². The van der Waals surface area contributed by atoms with Gasteiger partial charge >= 0.3 is 0 Å². The molecule has 0 amide bonds. The molecule has 0 bridgehead atoms. The molecule has 0 atom stereocenters. The van der Waals surface area contributed by atoms with E-state index in [1.807, 2.05) is 19.1 Å². The molecule has 0 radical (unpaired) electrons. The Balaban J connectivity index is 1.12. The van der Waals surface area contributed by atoms with Crippen molar-refractivity contribution >= 4 is 17.3 Å². The maximum absolute atomic E-state index is 5.41. The monoisotopic (exact) mass is 545 g/mol. The third-order valence-electron chi connectivity index (χ3n) is 7.85. The molecule has 3 aromatic heterocycles. The number of hydrogen-bond acceptors (Lipinski definition) is 8. The molecule has 0 saturated carbocycles. The van der Waals surface area contributed by atoms with Gasteiger partial charge in [0.2, 0.25) is 5.95 Å². The van der Waals surface area contributed by atoms with Crippen LogP contribution in [0.25, 0.3) is 22.6 Å². The van der Waals surface area contributed by atoms with Gasteiger partial charge in [-0.05, 0) is 99.8 Å². The minimum atomic E-state index is 0.529. The van der Waals surface area contributed by atoms with Gasteiger partial charge in [-0.15, -0.1) is 0 Å². The number of aromatic nitrogens is 4. The summed E-state index contributed by atoms with van der Waals surface area (Å²) in [5.41, 5.74) is 9.31. The lowest BCUT2D eigenvalue weighted by Crippen LogP contribution is -2.29. The minimum absolute atomic E-state index is 0.529. The van der Waals surface area contributed by atoms with Gasteiger partial charge in [-0.25, -0.2) is 9.97 Å². The second-order valence-corrected chi connectivity index (χ2v) is 10.9. The molecule has 1 aliphatic rings. The highest BCUT2D eigenvalue weighted by molar-refractivity contribution is 5.69. The number of benzene rings is 2. The van der Waals surface area contributed by atoms with E-state index in [4.69, 9.17) is 9.51 Å². The van der Waals surface area contributed by atoms with Crippen LogP contribution in [0.5, 0.6) is 0 Å². The molecule has 41 heavy (non-hydrogen) atoms. The molecule has 8 nitrogen and oxygen atoms in total. The fraction of sp³-hybridized carbons (Fsp3) is 0.273. The highest BCUT2D eigenvalue weighted by Gasteiger charge is 2.18. The zero-order valence-electron chi connectivity index (χ0n) is 23.8. The van der Waals surface area contributed by atoms with Crippen LogP contribution in [-0.4, -0.2) is 45.1 Å². The van der Waals surface area contributed by atoms with E-state index in [0.717, 1.165) is 45.9 Å². The van der Waals surface area contributed by atoms with E-state index < -0.39 is 0 Å². The maximum atomic E-state index is 5.41. The lowest BCUT2D eigenvalue weighted by molar-refractivity contribution is 0.255. The number of nitrogens with one attached hydrogen (secondary N) is 2. The quantitative estimate of drug-likeness (QED) is 0.216. The van der Waals surface area contributed by atoms with Crippen LogP contribution < -0.4 is 10.6 Å². The lowest BCUT2D eigenvalue weighted by Gasteiger charge is -2.29. The Kier molecular flexibility index (Phi) is 7.73. The van der Waals surface area contributed by atoms with Crippen LogP contribution in [0, 0.1) is 13.8 Å². The molecule has 8 heteroatoms. The summed E-state index contributed by atoms with van der Waals surface area (Å²) in [6.07, 6.45) is 9.49. The Bertz CT molecular complexity index is 1620. The average Bonchev–Trinajstić information content (AvgIpc) is 3.44. The molecule has 1 aliphatic heterocycles. The topological polar surface area (TPSA) is 92.0 Å². The van der Waals surface area contributed by atoms with Gasteiger partial charge in [0.25, 0.3) is 0 Å². The normalized spacial score (nSPS) is 14.2. The van der Waals surface area contributed by atoms with Crippen LogP contribution in [0.2, 0.25) is 0 Å². The SMILES string of the molecule is Cc1ccc(CNc2ccc(C3CCN(C)CC3)cc2)cc1Nc1nccc(-c2cncc(-c3oncc3C)c2)n1. The van der Waals surface area contributed by atoms with Crippen LogP contribution in [0.3, 0.4) is 0 Å². The maximum Gasteiger partial charge on any atom is 0.227 e. The molecule has 5 aromatic rings. The first-order valence-electron chi connectivity index (χ1n) is 14.1. The Morgan fingerprint density at radius 1 is 0.902 bits per heavy atom. The van der Waals surface area contributed by atoms with E-state index in [1.165, 1.54) is 37.1 Å². The lowest BCUT2D eigenvalue weighted by atomic mass is 9.89. The second-order valence-electron chi connectivity index (χ2n) is 10.9.